The van der Waals surface area contributed by atoms with Gasteiger partial charge in [0.15, 0.2) is 0 Å². The highest BCUT2D eigenvalue weighted by molar-refractivity contribution is 9.08. The summed E-state index contributed by atoms with van der Waals surface area (Å²) in [6, 6.07) is 4.78. The Bertz CT molecular complexity index is 628. The summed E-state index contributed by atoms with van der Waals surface area (Å²) in [4.78, 5) is 12.0. The molecule has 5 heteroatoms. The molecule has 0 radical (unpaired) electrons. The molecule has 0 atom stereocenters. The van der Waals surface area contributed by atoms with Gasteiger partial charge in [-0.1, -0.05) is 22.0 Å². The normalized spacial score (nSPS) is 11.8. The van der Waals surface area contributed by atoms with Gasteiger partial charge in [0.05, 0.1) is 5.52 Å². The van der Waals surface area contributed by atoms with Gasteiger partial charge in [-0.05, 0) is 38.5 Å². The van der Waals surface area contributed by atoms with E-state index >= 15 is 0 Å². The number of benzene rings is 1. The number of carbonyl (C=O) groups is 1. The third-order valence-electron chi connectivity index (χ3n) is 2.62. The van der Waals surface area contributed by atoms with E-state index in [4.69, 9.17) is 4.74 Å². The van der Waals surface area contributed by atoms with E-state index in [-0.39, 0.29) is 5.52 Å². The van der Waals surface area contributed by atoms with Crippen molar-refractivity contribution in [3.8, 4) is 0 Å². The Kier molecular flexibility index (Phi) is 3.67. The topological polar surface area (TPSA) is 31.2 Å². The highest BCUT2D eigenvalue weighted by atomic mass is 79.9. The molecule has 0 bridgehead atoms. The molecule has 2 aromatic rings. The Balaban J connectivity index is 2.54. The second-order valence-corrected chi connectivity index (χ2v) is 5.83. The maximum absolute atomic E-state index is 13.9. The SMILES string of the molecule is CC(C)(C)OC(=O)n1ccc2c(CBr)ccc(F)c21. The van der Waals surface area contributed by atoms with Crippen LogP contribution in [0, 0.1) is 5.82 Å². The zero-order valence-electron chi connectivity index (χ0n) is 11.0. The van der Waals surface area contributed by atoms with E-state index in [1.807, 2.05) is 0 Å². The van der Waals surface area contributed by atoms with E-state index in [1.165, 1.54) is 16.8 Å². The van der Waals surface area contributed by atoms with E-state index in [9.17, 15) is 9.18 Å². The predicted octanol–water partition coefficient (Wildman–Crippen LogP) is 4.46. The van der Waals surface area contributed by atoms with Crippen molar-refractivity contribution in [3.63, 3.8) is 0 Å². The van der Waals surface area contributed by atoms with E-state index < -0.39 is 17.5 Å². The third-order valence-corrected chi connectivity index (χ3v) is 3.23. The van der Waals surface area contributed by atoms with Crippen molar-refractivity contribution < 1.29 is 13.9 Å². The number of nitrogens with zero attached hydrogens (tertiary/aromatic N) is 1. The molecule has 0 amide bonds. The summed E-state index contributed by atoms with van der Waals surface area (Å²) in [5.74, 6) is -0.435. The monoisotopic (exact) mass is 327 g/mol. The first-order chi connectivity index (χ1) is 8.83. The van der Waals surface area contributed by atoms with Crippen molar-refractivity contribution >= 4 is 32.9 Å². The largest absolute Gasteiger partial charge is 0.443 e. The van der Waals surface area contributed by atoms with Gasteiger partial charge in [-0.3, -0.25) is 0 Å². The van der Waals surface area contributed by atoms with Gasteiger partial charge in [-0.2, -0.15) is 0 Å². The molecule has 0 aliphatic carbocycles. The van der Waals surface area contributed by atoms with Gasteiger partial charge in [-0.25, -0.2) is 13.8 Å². The quantitative estimate of drug-likeness (QED) is 0.724. The zero-order valence-corrected chi connectivity index (χ0v) is 12.6. The van der Waals surface area contributed by atoms with Crippen LogP contribution in [0.4, 0.5) is 9.18 Å². The Morgan fingerprint density at radius 1 is 1.37 bits per heavy atom. The summed E-state index contributed by atoms with van der Waals surface area (Å²) in [6.45, 7) is 5.32. The van der Waals surface area contributed by atoms with E-state index in [0.717, 1.165) is 5.56 Å². The average molecular weight is 328 g/mol. The Labute approximate surface area is 119 Å². The summed E-state index contributed by atoms with van der Waals surface area (Å²) in [6.07, 6.45) is 0.960. The van der Waals surface area contributed by atoms with Crippen LogP contribution >= 0.6 is 15.9 Å². The molecule has 1 aromatic heterocycles. The van der Waals surface area contributed by atoms with Crippen LogP contribution in [-0.4, -0.2) is 16.3 Å². The molecule has 0 spiro atoms. The molecule has 19 heavy (non-hydrogen) atoms. The number of ether oxygens (including phenoxy) is 1. The standard InChI is InChI=1S/C14H15BrFNO2/c1-14(2,3)19-13(18)17-7-6-10-9(8-15)4-5-11(16)12(10)17/h4-7H,8H2,1-3H3. The fraction of sp³-hybridized carbons (Fsp3) is 0.357. The van der Waals surface area contributed by atoms with Crippen molar-refractivity contribution in [2.45, 2.75) is 31.7 Å². The van der Waals surface area contributed by atoms with E-state index in [2.05, 4.69) is 15.9 Å². The lowest BCUT2D eigenvalue weighted by Crippen LogP contribution is -2.26. The smallest absolute Gasteiger partial charge is 0.419 e. The van der Waals surface area contributed by atoms with Crippen molar-refractivity contribution in [2.75, 3.05) is 0 Å². The highest BCUT2D eigenvalue weighted by Gasteiger charge is 2.21. The maximum Gasteiger partial charge on any atom is 0.419 e. The number of hydrogen-bond acceptors (Lipinski definition) is 2. The molecular formula is C14H15BrFNO2. The molecule has 0 aliphatic rings. The fourth-order valence-corrected chi connectivity index (χ4v) is 2.35. The first-order valence-electron chi connectivity index (χ1n) is 5.91. The van der Waals surface area contributed by atoms with Gasteiger partial charge in [0.2, 0.25) is 0 Å². The lowest BCUT2D eigenvalue weighted by molar-refractivity contribution is 0.0543. The van der Waals surface area contributed by atoms with Gasteiger partial charge in [-0.15, -0.1) is 0 Å². The lowest BCUT2D eigenvalue weighted by Gasteiger charge is -2.19. The number of hydrogen-bond donors (Lipinski definition) is 0. The van der Waals surface area contributed by atoms with Crippen LogP contribution in [0.25, 0.3) is 10.9 Å². The Morgan fingerprint density at radius 2 is 2.05 bits per heavy atom. The number of fused-ring (bicyclic) bond motifs is 1. The average Bonchev–Trinajstić information content (AvgIpc) is 2.73. The molecule has 1 aromatic carbocycles. The lowest BCUT2D eigenvalue weighted by atomic mass is 10.1. The summed E-state index contributed by atoms with van der Waals surface area (Å²) in [7, 11) is 0. The van der Waals surface area contributed by atoms with Gasteiger partial charge < -0.3 is 4.74 Å². The van der Waals surface area contributed by atoms with E-state index in [0.29, 0.717) is 10.7 Å². The van der Waals surface area contributed by atoms with E-state index in [1.54, 1.807) is 32.9 Å². The van der Waals surface area contributed by atoms with Crippen molar-refractivity contribution in [2.24, 2.45) is 0 Å². The predicted molar refractivity (Wildman–Crippen MR) is 76.2 cm³/mol. The molecule has 0 fully saturated rings. The number of alkyl halides is 1. The number of halogens is 2. The van der Waals surface area contributed by atoms with Crippen LogP contribution in [0.3, 0.4) is 0 Å². The first-order valence-corrected chi connectivity index (χ1v) is 7.03. The third kappa shape index (κ3) is 2.81. The van der Waals surface area contributed by atoms with Crippen LogP contribution in [-0.2, 0) is 10.1 Å². The Hall–Kier alpha value is -1.36. The summed E-state index contributed by atoms with van der Waals surface area (Å²) >= 11 is 3.35. The summed E-state index contributed by atoms with van der Waals surface area (Å²) in [5, 5.41) is 1.31. The van der Waals surface area contributed by atoms with Crippen molar-refractivity contribution in [1.29, 1.82) is 0 Å². The van der Waals surface area contributed by atoms with Crippen molar-refractivity contribution in [1.82, 2.24) is 4.57 Å². The summed E-state index contributed by atoms with van der Waals surface area (Å²) < 4.78 is 20.4. The minimum absolute atomic E-state index is 0.256. The van der Waals surface area contributed by atoms with Gasteiger partial charge in [0.25, 0.3) is 0 Å². The second-order valence-electron chi connectivity index (χ2n) is 5.27. The molecule has 1 heterocycles. The second kappa shape index (κ2) is 4.96. The van der Waals surface area contributed by atoms with Crippen LogP contribution in [0.2, 0.25) is 0 Å². The van der Waals surface area contributed by atoms with Crippen LogP contribution in [0.5, 0.6) is 0 Å². The Morgan fingerprint density at radius 3 is 2.63 bits per heavy atom. The molecule has 0 saturated carbocycles. The molecule has 0 saturated heterocycles. The highest BCUT2D eigenvalue weighted by Crippen LogP contribution is 2.25. The zero-order chi connectivity index (χ0) is 14.2. The number of aromatic nitrogens is 1. The molecule has 3 nitrogen and oxygen atoms in total. The molecule has 2 rings (SSSR count). The van der Waals surface area contributed by atoms with Crippen molar-refractivity contribution in [3.05, 3.63) is 35.8 Å². The first kappa shape index (κ1) is 14.1. The fourth-order valence-electron chi connectivity index (χ4n) is 1.86. The molecular weight excluding hydrogens is 313 g/mol. The molecule has 102 valence electrons. The molecule has 0 unspecified atom stereocenters. The summed E-state index contributed by atoms with van der Waals surface area (Å²) in [5.41, 5.74) is 0.571. The minimum Gasteiger partial charge on any atom is -0.443 e. The minimum atomic E-state index is -0.614. The number of carbonyl (C=O) groups excluding carboxylic acids is 1. The van der Waals surface area contributed by atoms with Gasteiger partial charge in [0.1, 0.15) is 11.4 Å². The van der Waals surface area contributed by atoms with Gasteiger partial charge >= 0.3 is 6.09 Å². The van der Waals surface area contributed by atoms with Crippen LogP contribution < -0.4 is 0 Å². The molecule has 0 aliphatic heterocycles. The van der Waals surface area contributed by atoms with Gasteiger partial charge in [0, 0.05) is 16.9 Å². The number of rotatable bonds is 1. The van der Waals surface area contributed by atoms with Crippen LogP contribution in [0.1, 0.15) is 26.3 Å². The van der Waals surface area contributed by atoms with Crippen LogP contribution in [0.15, 0.2) is 24.4 Å². The molecule has 0 N–H and O–H groups in total. The maximum atomic E-state index is 13.9.